The van der Waals surface area contributed by atoms with Crippen molar-refractivity contribution in [3.63, 3.8) is 0 Å². The Hall–Kier alpha value is -1.90. The molecule has 1 heterocycles. The van der Waals surface area contributed by atoms with Gasteiger partial charge in [0.05, 0.1) is 6.54 Å². The van der Waals surface area contributed by atoms with Crippen molar-refractivity contribution in [2.24, 2.45) is 10.1 Å². The van der Waals surface area contributed by atoms with E-state index in [4.69, 9.17) is 5.14 Å². The van der Waals surface area contributed by atoms with E-state index in [0.717, 1.165) is 22.8 Å². The second kappa shape index (κ2) is 8.46. The van der Waals surface area contributed by atoms with Crippen molar-refractivity contribution in [3.8, 4) is 0 Å². The number of hydrogen-bond donors (Lipinski definition) is 3. The van der Waals surface area contributed by atoms with E-state index in [1.165, 1.54) is 17.2 Å². The smallest absolute Gasteiger partial charge is 0.247 e. The summed E-state index contributed by atoms with van der Waals surface area (Å²) in [5.41, 5.74) is 2.51. The fraction of sp³-hybridized carbons (Fsp3) is 0.353. The molecule has 136 valence electrons. The standard InChI is InChI=1S/C17H24N4O2S2/c1-12-4-6-14(7-5-12)13(2)10-20-17(19-3)21-11-15-8-9-16(24-15)25(18,22)23/h4-9,13H,10-11H2,1-3H3,(H2,18,22,23)(H2,19,20,21). The number of nitrogens with two attached hydrogens (primary N) is 1. The van der Waals surface area contributed by atoms with Gasteiger partial charge in [-0.1, -0.05) is 36.8 Å². The van der Waals surface area contributed by atoms with Gasteiger partial charge in [-0.3, -0.25) is 4.99 Å². The van der Waals surface area contributed by atoms with Crippen molar-refractivity contribution >= 4 is 27.3 Å². The summed E-state index contributed by atoms with van der Waals surface area (Å²) in [6.07, 6.45) is 0. The van der Waals surface area contributed by atoms with Crippen LogP contribution in [0.25, 0.3) is 0 Å². The third-order valence-corrected chi connectivity index (χ3v) is 6.32. The lowest BCUT2D eigenvalue weighted by Crippen LogP contribution is -2.38. The van der Waals surface area contributed by atoms with E-state index in [1.807, 2.05) is 0 Å². The van der Waals surface area contributed by atoms with Gasteiger partial charge in [0.2, 0.25) is 10.0 Å². The molecule has 0 bridgehead atoms. The Kier molecular flexibility index (Phi) is 6.57. The Labute approximate surface area is 153 Å². The zero-order chi connectivity index (χ0) is 18.4. The molecule has 25 heavy (non-hydrogen) atoms. The number of benzene rings is 1. The van der Waals surface area contributed by atoms with E-state index in [1.54, 1.807) is 13.1 Å². The van der Waals surface area contributed by atoms with E-state index >= 15 is 0 Å². The maximum Gasteiger partial charge on any atom is 0.247 e. The summed E-state index contributed by atoms with van der Waals surface area (Å²) in [6, 6.07) is 11.8. The number of nitrogens with one attached hydrogen (secondary N) is 2. The molecule has 1 aromatic heterocycles. The average molecular weight is 381 g/mol. The molecule has 6 nitrogen and oxygen atoms in total. The molecule has 0 fully saturated rings. The van der Waals surface area contributed by atoms with Crippen LogP contribution in [0.4, 0.5) is 0 Å². The highest BCUT2D eigenvalue weighted by molar-refractivity contribution is 7.91. The van der Waals surface area contributed by atoms with Gasteiger partial charge in [0.25, 0.3) is 0 Å². The van der Waals surface area contributed by atoms with Gasteiger partial charge in [-0.05, 0) is 30.5 Å². The minimum atomic E-state index is -3.64. The summed E-state index contributed by atoms with van der Waals surface area (Å²) >= 11 is 1.16. The van der Waals surface area contributed by atoms with Gasteiger partial charge in [-0.25, -0.2) is 13.6 Å². The molecule has 0 saturated carbocycles. The molecule has 1 unspecified atom stereocenters. The Bertz CT molecular complexity index is 827. The van der Waals surface area contributed by atoms with E-state index in [0.29, 0.717) is 18.4 Å². The van der Waals surface area contributed by atoms with Gasteiger partial charge in [-0.2, -0.15) is 0 Å². The number of rotatable bonds is 6. The van der Waals surface area contributed by atoms with Crippen LogP contribution in [-0.4, -0.2) is 28.0 Å². The summed E-state index contributed by atoms with van der Waals surface area (Å²) in [6.45, 7) is 5.46. The predicted molar refractivity (Wildman–Crippen MR) is 103 cm³/mol. The molecule has 0 spiro atoms. The van der Waals surface area contributed by atoms with Gasteiger partial charge in [0.1, 0.15) is 4.21 Å². The molecule has 8 heteroatoms. The lowest BCUT2D eigenvalue weighted by atomic mass is 10.0. The van der Waals surface area contributed by atoms with Crippen molar-refractivity contribution in [3.05, 3.63) is 52.4 Å². The van der Waals surface area contributed by atoms with E-state index in [2.05, 4.69) is 53.7 Å². The van der Waals surface area contributed by atoms with Crippen LogP contribution < -0.4 is 15.8 Å². The highest BCUT2D eigenvalue weighted by Gasteiger charge is 2.11. The topological polar surface area (TPSA) is 96.6 Å². The van der Waals surface area contributed by atoms with Crippen LogP contribution in [-0.2, 0) is 16.6 Å². The monoisotopic (exact) mass is 380 g/mol. The van der Waals surface area contributed by atoms with Gasteiger partial charge < -0.3 is 10.6 Å². The SMILES string of the molecule is CN=C(NCc1ccc(S(N)(=O)=O)s1)NCC(C)c1ccc(C)cc1. The third kappa shape index (κ3) is 5.84. The first-order chi connectivity index (χ1) is 11.8. The number of nitrogens with zero attached hydrogens (tertiary/aromatic N) is 1. The number of hydrogen-bond acceptors (Lipinski definition) is 4. The highest BCUT2D eigenvalue weighted by Crippen LogP contribution is 2.20. The molecular formula is C17H24N4O2S2. The van der Waals surface area contributed by atoms with Gasteiger partial charge in [0.15, 0.2) is 5.96 Å². The number of guanidine groups is 1. The molecule has 1 aromatic carbocycles. The van der Waals surface area contributed by atoms with Crippen LogP contribution in [0.15, 0.2) is 45.6 Å². The fourth-order valence-electron chi connectivity index (χ4n) is 2.26. The normalized spacial score (nSPS) is 13.5. The van der Waals surface area contributed by atoms with Gasteiger partial charge >= 0.3 is 0 Å². The van der Waals surface area contributed by atoms with Crippen molar-refractivity contribution in [2.45, 2.75) is 30.5 Å². The second-order valence-electron chi connectivity index (χ2n) is 5.88. The fourth-order valence-corrected chi connectivity index (χ4v) is 3.98. The van der Waals surface area contributed by atoms with E-state index < -0.39 is 10.0 Å². The zero-order valence-corrected chi connectivity index (χ0v) is 16.2. The summed E-state index contributed by atoms with van der Waals surface area (Å²) < 4.78 is 22.8. The number of primary sulfonamides is 1. The van der Waals surface area contributed by atoms with E-state index in [9.17, 15) is 8.42 Å². The molecule has 0 radical (unpaired) electrons. The maximum absolute atomic E-state index is 11.3. The van der Waals surface area contributed by atoms with Crippen LogP contribution in [0.2, 0.25) is 0 Å². The Morgan fingerprint density at radius 1 is 1.20 bits per heavy atom. The van der Waals surface area contributed by atoms with Crippen molar-refractivity contribution in [2.75, 3.05) is 13.6 Å². The molecule has 0 saturated heterocycles. The Balaban J connectivity index is 1.86. The predicted octanol–water partition coefficient (Wildman–Crippen LogP) is 2.17. The Morgan fingerprint density at radius 2 is 1.88 bits per heavy atom. The van der Waals surface area contributed by atoms with Crippen LogP contribution >= 0.6 is 11.3 Å². The lowest BCUT2D eigenvalue weighted by molar-refractivity contribution is 0.600. The molecule has 0 aliphatic heterocycles. The number of sulfonamides is 1. The first-order valence-electron chi connectivity index (χ1n) is 7.92. The van der Waals surface area contributed by atoms with Crippen molar-refractivity contribution < 1.29 is 8.42 Å². The number of aliphatic imine (C=N–C) groups is 1. The van der Waals surface area contributed by atoms with Crippen molar-refractivity contribution in [1.82, 2.24) is 10.6 Å². The summed E-state index contributed by atoms with van der Waals surface area (Å²) in [5, 5.41) is 11.6. The Morgan fingerprint density at radius 3 is 2.44 bits per heavy atom. The average Bonchev–Trinajstić information content (AvgIpc) is 3.04. The van der Waals surface area contributed by atoms with Crippen LogP contribution in [0.3, 0.4) is 0 Å². The number of aryl methyl sites for hydroxylation is 1. The van der Waals surface area contributed by atoms with Gasteiger partial charge in [0, 0.05) is 18.5 Å². The molecule has 1 atom stereocenters. The van der Waals surface area contributed by atoms with Crippen LogP contribution in [0.1, 0.15) is 28.8 Å². The zero-order valence-electron chi connectivity index (χ0n) is 14.6. The first-order valence-corrected chi connectivity index (χ1v) is 10.3. The summed E-state index contributed by atoms with van der Waals surface area (Å²) in [4.78, 5) is 5.07. The maximum atomic E-state index is 11.3. The summed E-state index contributed by atoms with van der Waals surface area (Å²) in [5.74, 6) is 1.01. The largest absolute Gasteiger partial charge is 0.356 e. The van der Waals surface area contributed by atoms with Gasteiger partial charge in [-0.15, -0.1) is 11.3 Å². The van der Waals surface area contributed by atoms with Crippen molar-refractivity contribution in [1.29, 1.82) is 0 Å². The third-order valence-electron chi connectivity index (χ3n) is 3.79. The molecular weight excluding hydrogens is 356 g/mol. The summed E-state index contributed by atoms with van der Waals surface area (Å²) in [7, 11) is -1.93. The lowest BCUT2D eigenvalue weighted by Gasteiger charge is -2.16. The first kappa shape index (κ1) is 19.4. The number of thiophene rings is 1. The molecule has 0 amide bonds. The minimum absolute atomic E-state index is 0.167. The second-order valence-corrected chi connectivity index (χ2v) is 8.84. The van der Waals surface area contributed by atoms with Crippen LogP contribution in [0.5, 0.6) is 0 Å². The quantitative estimate of drug-likeness (QED) is 0.528. The van der Waals surface area contributed by atoms with Crippen LogP contribution in [0, 0.1) is 6.92 Å². The molecule has 0 aliphatic rings. The minimum Gasteiger partial charge on any atom is -0.356 e. The highest BCUT2D eigenvalue weighted by atomic mass is 32.2. The molecule has 4 N–H and O–H groups in total. The molecule has 2 rings (SSSR count). The molecule has 0 aliphatic carbocycles. The molecule has 2 aromatic rings. The van der Waals surface area contributed by atoms with E-state index in [-0.39, 0.29) is 4.21 Å².